The van der Waals surface area contributed by atoms with Crippen LogP contribution in [0.25, 0.3) is 0 Å². The maximum Gasteiger partial charge on any atom is 0.306 e. The molecule has 1 unspecified atom stereocenters. The summed E-state index contributed by atoms with van der Waals surface area (Å²) in [6, 6.07) is 0. The number of unbranched alkanes of at least 4 members (excludes halogenated alkanes) is 19. The van der Waals surface area contributed by atoms with Crippen molar-refractivity contribution in [3.05, 3.63) is 85.1 Å². The van der Waals surface area contributed by atoms with Crippen molar-refractivity contribution in [2.75, 3.05) is 13.2 Å². The van der Waals surface area contributed by atoms with Gasteiger partial charge in [0.25, 0.3) is 0 Å². The molecule has 0 aromatic carbocycles. The molecule has 6 heteroatoms. The lowest BCUT2D eigenvalue weighted by molar-refractivity contribution is -0.167. The van der Waals surface area contributed by atoms with Crippen molar-refractivity contribution in [2.24, 2.45) is 0 Å². The molecular weight excluding hydrogens is 757 g/mol. The molecule has 348 valence electrons. The SMILES string of the molecule is CC/C=C\C/C=C\C/C=C\C/C=C\C/C=C\C/C=C\C/C=C\CCCCCC(=O)OCC(COC(=O)CCCCCCCCCC)OC(=O)CCCCCCCCCCCC. The summed E-state index contributed by atoms with van der Waals surface area (Å²) in [6.45, 7) is 6.44. The summed E-state index contributed by atoms with van der Waals surface area (Å²) >= 11 is 0. The lowest BCUT2D eigenvalue weighted by atomic mass is 10.1. The van der Waals surface area contributed by atoms with E-state index in [4.69, 9.17) is 14.2 Å². The van der Waals surface area contributed by atoms with Crippen LogP contribution in [0, 0.1) is 0 Å². The standard InChI is InChI=1S/C55H92O6/c1-4-7-10-13-16-19-21-22-23-24-25-26-27-28-29-30-31-32-33-34-35-37-39-42-45-48-54(57)60-51-52(50-59-53(56)47-44-41-38-18-15-12-9-6-3)61-55(58)49-46-43-40-36-20-17-14-11-8-5-2/h7,10,16,19,22-23,25-26,28-29,31-32,34-35,52H,4-6,8-9,11-15,17-18,20-21,24,27,30,33,36-51H2,1-3H3/b10-7-,19-16-,23-22-,26-25-,29-28-,32-31-,35-34-. The third kappa shape index (κ3) is 47.5. The highest BCUT2D eigenvalue weighted by molar-refractivity contribution is 5.71. The number of rotatable bonds is 44. The first kappa shape index (κ1) is 57.6. The second-order valence-corrected chi connectivity index (χ2v) is 16.4. The van der Waals surface area contributed by atoms with Crippen molar-refractivity contribution < 1.29 is 28.6 Å². The Morgan fingerprint density at radius 1 is 0.344 bits per heavy atom. The predicted octanol–water partition coefficient (Wildman–Crippen LogP) is 16.4. The lowest BCUT2D eigenvalue weighted by Gasteiger charge is -2.18. The van der Waals surface area contributed by atoms with Gasteiger partial charge in [-0.3, -0.25) is 14.4 Å². The highest BCUT2D eigenvalue weighted by Gasteiger charge is 2.19. The van der Waals surface area contributed by atoms with E-state index in [2.05, 4.69) is 106 Å². The van der Waals surface area contributed by atoms with Crippen molar-refractivity contribution in [3.63, 3.8) is 0 Å². The van der Waals surface area contributed by atoms with E-state index in [0.29, 0.717) is 19.3 Å². The quantitative estimate of drug-likeness (QED) is 0.0263. The molecule has 0 aromatic heterocycles. The fourth-order valence-corrected chi connectivity index (χ4v) is 6.66. The van der Waals surface area contributed by atoms with Gasteiger partial charge in [0.05, 0.1) is 0 Å². The number of hydrogen-bond acceptors (Lipinski definition) is 6. The van der Waals surface area contributed by atoms with Crippen LogP contribution in [0.5, 0.6) is 0 Å². The molecule has 0 N–H and O–H groups in total. The molecular formula is C55H92O6. The zero-order valence-electron chi connectivity index (χ0n) is 39.7. The molecule has 0 radical (unpaired) electrons. The van der Waals surface area contributed by atoms with Crippen LogP contribution in [0.4, 0.5) is 0 Å². The molecule has 0 aliphatic heterocycles. The van der Waals surface area contributed by atoms with Crippen LogP contribution in [0.3, 0.4) is 0 Å². The fourth-order valence-electron chi connectivity index (χ4n) is 6.66. The van der Waals surface area contributed by atoms with Gasteiger partial charge in [0.15, 0.2) is 6.10 Å². The molecule has 0 fully saturated rings. The highest BCUT2D eigenvalue weighted by atomic mass is 16.6. The summed E-state index contributed by atoms with van der Waals surface area (Å²) in [5.74, 6) is -0.928. The van der Waals surface area contributed by atoms with Crippen molar-refractivity contribution in [3.8, 4) is 0 Å². The minimum Gasteiger partial charge on any atom is -0.462 e. The van der Waals surface area contributed by atoms with Crippen molar-refractivity contribution in [2.45, 2.75) is 232 Å². The van der Waals surface area contributed by atoms with E-state index in [1.54, 1.807) is 0 Å². The Balaban J connectivity index is 4.28. The number of hydrogen-bond donors (Lipinski definition) is 0. The van der Waals surface area contributed by atoms with E-state index >= 15 is 0 Å². The third-order valence-electron chi connectivity index (χ3n) is 10.4. The van der Waals surface area contributed by atoms with Gasteiger partial charge in [0.2, 0.25) is 0 Å². The number of carbonyl (C=O) groups is 3. The van der Waals surface area contributed by atoms with Crippen molar-refractivity contribution in [1.82, 2.24) is 0 Å². The average molecular weight is 849 g/mol. The molecule has 0 rings (SSSR count). The van der Waals surface area contributed by atoms with Gasteiger partial charge in [-0.05, 0) is 77.0 Å². The summed E-state index contributed by atoms with van der Waals surface area (Å²) in [7, 11) is 0. The normalized spacial score (nSPS) is 12.8. The van der Waals surface area contributed by atoms with E-state index < -0.39 is 6.10 Å². The largest absolute Gasteiger partial charge is 0.462 e. The lowest BCUT2D eigenvalue weighted by Crippen LogP contribution is -2.30. The number of allylic oxidation sites excluding steroid dienone is 14. The zero-order valence-corrected chi connectivity index (χ0v) is 39.7. The maximum atomic E-state index is 12.7. The number of ether oxygens (including phenoxy) is 3. The summed E-state index contributed by atoms with van der Waals surface area (Å²) < 4.78 is 16.7. The van der Waals surface area contributed by atoms with Crippen LogP contribution >= 0.6 is 0 Å². The van der Waals surface area contributed by atoms with Gasteiger partial charge >= 0.3 is 17.9 Å². The van der Waals surface area contributed by atoms with Crippen LogP contribution in [0.2, 0.25) is 0 Å². The topological polar surface area (TPSA) is 78.9 Å². The minimum atomic E-state index is -0.784. The van der Waals surface area contributed by atoms with Gasteiger partial charge in [0, 0.05) is 19.3 Å². The monoisotopic (exact) mass is 849 g/mol. The zero-order chi connectivity index (χ0) is 44.4. The van der Waals surface area contributed by atoms with Gasteiger partial charge < -0.3 is 14.2 Å². The van der Waals surface area contributed by atoms with E-state index in [-0.39, 0.29) is 31.1 Å². The molecule has 0 bridgehead atoms. The van der Waals surface area contributed by atoms with Crippen LogP contribution in [0.15, 0.2) is 85.1 Å². The van der Waals surface area contributed by atoms with Crippen LogP contribution in [-0.4, -0.2) is 37.2 Å². The van der Waals surface area contributed by atoms with Crippen LogP contribution < -0.4 is 0 Å². The predicted molar refractivity (Wildman–Crippen MR) is 261 cm³/mol. The molecule has 0 spiro atoms. The Bertz CT molecular complexity index is 1200. The van der Waals surface area contributed by atoms with Gasteiger partial charge in [0.1, 0.15) is 13.2 Å². The van der Waals surface area contributed by atoms with E-state index in [1.165, 1.54) is 77.0 Å². The molecule has 1 atom stereocenters. The smallest absolute Gasteiger partial charge is 0.306 e. The Labute approximate surface area is 375 Å². The number of carbonyl (C=O) groups excluding carboxylic acids is 3. The van der Waals surface area contributed by atoms with E-state index in [9.17, 15) is 14.4 Å². The molecule has 61 heavy (non-hydrogen) atoms. The highest BCUT2D eigenvalue weighted by Crippen LogP contribution is 2.14. The van der Waals surface area contributed by atoms with Crippen LogP contribution in [0.1, 0.15) is 226 Å². The van der Waals surface area contributed by atoms with Crippen LogP contribution in [-0.2, 0) is 28.6 Å². The Hall–Kier alpha value is -3.41. The van der Waals surface area contributed by atoms with E-state index in [0.717, 1.165) is 109 Å². The summed E-state index contributed by atoms with van der Waals surface area (Å²) in [5.41, 5.74) is 0. The Morgan fingerprint density at radius 3 is 1.00 bits per heavy atom. The molecule has 0 aliphatic rings. The summed E-state index contributed by atoms with van der Waals surface area (Å²) in [6.07, 6.45) is 63.0. The maximum absolute atomic E-state index is 12.7. The first-order chi connectivity index (χ1) is 30.0. The molecule has 0 saturated carbocycles. The molecule has 0 aromatic rings. The molecule has 0 aliphatic carbocycles. The van der Waals surface area contributed by atoms with Crippen molar-refractivity contribution in [1.29, 1.82) is 0 Å². The Morgan fingerprint density at radius 2 is 0.639 bits per heavy atom. The average Bonchev–Trinajstić information content (AvgIpc) is 3.26. The second kappa shape index (κ2) is 49.2. The van der Waals surface area contributed by atoms with Gasteiger partial charge in [-0.15, -0.1) is 0 Å². The molecule has 0 heterocycles. The summed E-state index contributed by atoms with van der Waals surface area (Å²) in [4.78, 5) is 37.7. The second-order valence-electron chi connectivity index (χ2n) is 16.4. The van der Waals surface area contributed by atoms with Gasteiger partial charge in [-0.2, -0.15) is 0 Å². The molecule has 0 amide bonds. The van der Waals surface area contributed by atoms with E-state index in [1.807, 2.05) is 0 Å². The third-order valence-corrected chi connectivity index (χ3v) is 10.4. The summed E-state index contributed by atoms with van der Waals surface area (Å²) in [5, 5.41) is 0. The van der Waals surface area contributed by atoms with Crippen molar-refractivity contribution >= 4 is 17.9 Å². The minimum absolute atomic E-state index is 0.0855. The fraction of sp³-hybridized carbons (Fsp3) is 0.691. The number of esters is 3. The first-order valence-electron chi connectivity index (χ1n) is 25.1. The Kier molecular flexibility index (Phi) is 46.5. The first-order valence-corrected chi connectivity index (χ1v) is 25.1. The van der Waals surface area contributed by atoms with Gasteiger partial charge in [-0.25, -0.2) is 0 Å². The molecule has 6 nitrogen and oxygen atoms in total. The molecule has 0 saturated heterocycles. The van der Waals surface area contributed by atoms with Gasteiger partial charge in [-0.1, -0.05) is 215 Å².